The third kappa shape index (κ3) is 5.17. The molecule has 11 aromatic carbocycles. The summed E-state index contributed by atoms with van der Waals surface area (Å²) in [5.41, 5.74) is 10.9. The van der Waals surface area contributed by atoms with E-state index in [1.807, 2.05) is 0 Å². The molecule has 0 bridgehead atoms. The summed E-state index contributed by atoms with van der Waals surface area (Å²) < 4.78 is 4.85. The van der Waals surface area contributed by atoms with Crippen LogP contribution in [0.15, 0.2) is 218 Å². The third-order valence-corrected chi connectivity index (χ3v) is 13.4. The van der Waals surface area contributed by atoms with Crippen LogP contribution in [0.4, 0.5) is 0 Å². The van der Waals surface area contributed by atoms with Gasteiger partial charge in [0.2, 0.25) is 0 Å². The fourth-order valence-corrected chi connectivity index (χ4v) is 10.5. The van der Waals surface area contributed by atoms with Crippen LogP contribution < -0.4 is 0 Å². The molecule has 14 rings (SSSR count). The Kier molecular flexibility index (Phi) is 7.36. The largest absolute Gasteiger partial charge is 0.309 e. The van der Waals surface area contributed by atoms with Crippen molar-refractivity contribution in [1.29, 1.82) is 0 Å². The van der Waals surface area contributed by atoms with Gasteiger partial charge in [0.15, 0.2) is 5.82 Å². The number of benzene rings is 11. The number of aromatic nitrogens is 4. The second kappa shape index (κ2) is 13.4. The molecule has 3 heterocycles. The molecular weight excluding hydrogens is 777 g/mol. The van der Waals surface area contributed by atoms with Crippen molar-refractivity contribution in [2.24, 2.45) is 0 Å². The lowest BCUT2D eigenvalue weighted by Crippen LogP contribution is -1.97. The topological polar surface area (TPSA) is 35.6 Å². The summed E-state index contributed by atoms with van der Waals surface area (Å²) in [7, 11) is 0. The highest BCUT2D eigenvalue weighted by Gasteiger charge is 2.18. The van der Waals surface area contributed by atoms with E-state index < -0.39 is 0 Å². The first-order chi connectivity index (χ1) is 31.7. The highest BCUT2D eigenvalue weighted by Crippen LogP contribution is 2.40. The van der Waals surface area contributed by atoms with Crippen molar-refractivity contribution < 1.29 is 0 Å². The molecule has 296 valence electrons. The van der Waals surface area contributed by atoms with Crippen LogP contribution in [0.5, 0.6) is 0 Å². The van der Waals surface area contributed by atoms with Gasteiger partial charge in [-0.1, -0.05) is 146 Å². The maximum Gasteiger partial charge on any atom is 0.160 e. The van der Waals surface area contributed by atoms with Gasteiger partial charge in [-0.05, 0) is 110 Å². The first-order valence-electron chi connectivity index (χ1n) is 21.9. The van der Waals surface area contributed by atoms with E-state index in [9.17, 15) is 0 Å². The van der Waals surface area contributed by atoms with Gasteiger partial charge in [0.05, 0.1) is 33.3 Å². The second-order valence-electron chi connectivity index (χ2n) is 17.0. The maximum atomic E-state index is 5.31. The first kappa shape index (κ1) is 35.0. The summed E-state index contributed by atoms with van der Waals surface area (Å²) in [5.74, 6) is 0.707. The van der Waals surface area contributed by atoms with Gasteiger partial charge in [-0.25, -0.2) is 9.97 Å². The van der Waals surface area contributed by atoms with E-state index in [4.69, 9.17) is 9.97 Å². The lowest BCUT2D eigenvalue weighted by atomic mass is 9.97. The van der Waals surface area contributed by atoms with E-state index in [1.165, 1.54) is 86.7 Å². The van der Waals surface area contributed by atoms with Crippen molar-refractivity contribution in [3.05, 3.63) is 218 Å². The fourth-order valence-electron chi connectivity index (χ4n) is 10.5. The van der Waals surface area contributed by atoms with Crippen molar-refractivity contribution in [1.82, 2.24) is 19.1 Å². The van der Waals surface area contributed by atoms with Crippen LogP contribution >= 0.6 is 0 Å². The minimum atomic E-state index is 0.707. The highest BCUT2D eigenvalue weighted by atomic mass is 15.0. The Hall–Kier alpha value is -8.60. The Morgan fingerprint density at radius 3 is 1.67 bits per heavy atom. The number of rotatable bonds is 4. The lowest BCUT2D eigenvalue weighted by Gasteiger charge is -2.13. The fraction of sp³-hybridized carbons (Fsp3) is 0. The molecule has 0 aliphatic heterocycles. The van der Waals surface area contributed by atoms with Crippen molar-refractivity contribution in [3.8, 4) is 34.0 Å². The van der Waals surface area contributed by atoms with Crippen LogP contribution in [-0.4, -0.2) is 19.1 Å². The van der Waals surface area contributed by atoms with Gasteiger partial charge < -0.3 is 9.13 Å². The molecular formula is C60H36N4. The Balaban J connectivity index is 0.898. The monoisotopic (exact) mass is 812 g/mol. The highest BCUT2D eigenvalue weighted by molar-refractivity contribution is 6.19. The Morgan fingerprint density at radius 1 is 0.281 bits per heavy atom. The second-order valence-corrected chi connectivity index (χ2v) is 17.0. The Bertz CT molecular complexity index is 4250. The van der Waals surface area contributed by atoms with Crippen molar-refractivity contribution in [2.75, 3.05) is 0 Å². The van der Waals surface area contributed by atoms with E-state index in [0.29, 0.717) is 5.82 Å². The molecule has 0 amide bonds. The molecule has 0 spiro atoms. The summed E-state index contributed by atoms with van der Waals surface area (Å²) in [6.45, 7) is 0. The van der Waals surface area contributed by atoms with Crippen LogP contribution in [-0.2, 0) is 0 Å². The van der Waals surface area contributed by atoms with Crippen LogP contribution in [0.1, 0.15) is 0 Å². The molecule has 4 nitrogen and oxygen atoms in total. The zero-order chi connectivity index (χ0) is 41.9. The smallest absolute Gasteiger partial charge is 0.160 e. The van der Waals surface area contributed by atoms with Gasteiger partial charge in [0.25, 0.3) is 0 Å². The molecule has 0 aliphatic rings. The van der Waals surface area contributed by atoms with Crippen molar-refractivity contribution >= 4 is 97.6 Å². The van der Waals surface area contributed by atoms with Crippen LogP contribution in [0, 0.1) is 0 Å². The Morgan fingerprint density at radius 2 is 0.859 bits per heavy atom. The number of nitrogens with zero attached hydrogens (tertiary/aromatic N) is 4. The molecule has 0 saturated carbocycles. The molecule has 0 aliphatic carbocycles. The van der Waals surface area contributed by atoms with Gasteiger partial charge in [-0.3, -0.25) is 0 Å². The average Bonchev–Trinajstić information content (AvgIpc) is 3.87. The standard InChI is InChI=1S/C60H36N4/c1-3-13-46-37(11-1)21-22-39-23-24-42(34-52(39)46)58-51-17-5-8-18-54(51)61-60(62-58)40-25-29-44(30-26-40)63-55-19-9-7-16-49(55)53-35-43-33-45(31-27-41(43)36-57(53)63)64-56-20-10-6-15-48(56)50-32-28-38-12-2-4-14-47(38)59(50)64/h1-36H. The predicted octanol–water partition coefficient (Wildman–Crippen LogP) is 15.8. The van der Waals surface area contributed by atoms with E-state index in [-0.39, 0.29) is 0 Å². The molecule has 3 aromatic heterocycles. The molecule has 64 heavy (non-hydrogen) atoms. The van der Waals surface area contributed by atoms with Gasteiger partial charge >= 0.3 is 0 Å². The molecule has 0 atom stereocenters. The molecule has 4 heteroatoms. The van der Waals surface area contributed by atoms with Crippen LogP contribution in [0.25, 0.3) is 132 Å². The molecule has 0 N–H and O–H groups in total. The van der Waals surface area contributed by atoms with E-state index >= 15 is 0 Å². The Labute approximate surface area is 367 Å². The summed E-state index contributed by atoms with van der Waals surface area (Å²) in [4.78, 5) is 10.4. The summed E-state index contributed by atoms with van der Waals surface area (Å²) in [5, 5.41) is 15.8. The molecule has 0 radical (unpaired) electrons. The molecule has 0 unspecified atom stereocenters. The van der Waals surface area contributed by atoms with Crippen molar-refractivity contribution in [3.63, 3.8) is 0 Å². The first-order valence-corrected chi connectivity index (χ1v) is 21.9. The van der Waals surface area contributed by atoms with Crippen molar-refractivity contribution in [2.45, 2.75) is 0 Å². The summed E-state index contributed by atoms with van der Waals surface area (Å²) in [6.07, 6.45) is 0. The van der Waals surface area contributed by atoms with Gasteiger partial charge in [0, 0.05) is 54.8 Å². The van der Waals surface area contributed by atoms with Gasteiger partial charge in [-0.2, -0.15) is 0 Å². The predicted molar refractivity (Wildman–Crippen MR) is 269 cm³/mol. The molecule has 14 aromatic rings. The molecule has 0 fully saturated rings. The van der Waals surface area contributed by atoms with E-state index in [2.05, 4.69) is 228 Å². The third-order valence-electron chi connectivity index (χ3n) is 13.4. The van der Waals surface area contributed by atoms with Gasteiger partial charge in [0.1, 0.15) is 0 Å². The normalized spacial score (nSPS) is 12.1. The van der Waals surface area contributed by atoms with E-state index in [0.717, 1.165) is 39.1 Å². The number of hydrogen-bond acceptors (Lipinski definition) is 2. The number of para-hydroxylation sites is 3. The zero-order valence-corrected chi connectivity index (χ0v) is 34.6. The quantitative estimate of drug-likeness (QED) is 0.166. The average molecular weight is 813 g/mol. The minimum Gasteiger partial charge on any atom is -0.309 e. The van der Waals surface area contributed by atoms with Crippen LogP contribution in [0.3, 0.4) is 0 Å². The minimum absolute atomic E-state index is 0.707. The summed E-state index contributed by atoms with van der Waals surface area (Å²) >= 11 is 0. The van der Waals surface area contributed by atoms with Gasteiger partial charge in [-0.15, -0.1) is 0 Å². The zero-order valence-electron chi connectivity index (χ0n) is 34.6. The molecule has 0 saturated heterocycles. The SMILES string of the molecule is c1ccc2c(c1)ccc1ccc(-c3nc(-c4ccc(-n5c6ccccc6c6cc7cc(-n8c9ccccc9c9ccc%10ccccc%10c98)ccc7cc65)cc4)nc4ccccc34)cc12. The van der Waals surface area contributed by atoms with E-state index in [1.54, 1.807) is 0 Å². The number of hydrogen-bond donors (Lipinski definition) is 0. The van der Waals surface area contributed by atoms with Crippen LogP contribution in [0.2, 0.25) is 0 Å². The number of fused-ring (bicyclic) bond motifs is 13. The summed E-state index contributed by atoms with van der Waals surface area (Å²) in [6, 6.07) is 79.2. The lowest BCUT2D eigenvalue weighted by molar-refractivity contribution is 1.17. The maximum absolute atomic E-state index is 5.31.